The SMILES string of the molecule is Cc1c(Br)ccc2c(Cl)nc(-c3ccc(Cl)cc3Cl)nc12. The third kappa shape index (κ3) is 2.76. The maximum Gasteiger partial charge on any atom is 0.163 e. The highest BCUT2D eigenvalue weighted by Gasteiger charge is 2.13. The fourth-order valence-corrected chi connectivity index (χ4v) is 3.11. The molecule has 0 saturated carbocycles. The van der Waals surface area contributed by atoms with Gasteiger partial charge < -0.3 is 0 Å². The number of hydrogen-bond donors (Lipinski definition) is 0. The van der Waals surface area contributed by atoms with Crippen LogP contribution in [0.1, 0.15) is 5.56 Å². The van der Waals surface area contributed by atoms with Gasteiger partial charge in [-0.1, -0.05) is 50.7 Å². The minimum atomic E-state index is 0.400. The van der Waals surface area contributed by atoms with Gasteiger partial charge in [-0.2, -0.15) is 0 Å². The van der Waals surface area contributed by atoms with Crippen molar-refractivity contribution in [2.45, 2.75) is 6.92 Å². The van der Waals surface area contributed by atoms with Crippen molar-refractivity contribution in [3.8, 4) is 11.4 Å². The number of rotatable bonds is 1. The van der Waals surface area contributed by atoms with Crippen LogP contribution in [0.2, 0.25) is 15.2 Å². The van der Waals surface area contributed by atoms with Crippen LogP contribution in [0.15, 0.2) is 34.8 Å². The molecular formula is C15H8BrCl3N2. The van der Waals surface area contributed by atoms with Gasteiger partial charge in [0.1, 0.15) is 5.15 Å². The van der Waals surface area contributed by atoms with Crippen molar-refractivity contribution in [2.75, 3.05) is 0 Å². The quantitative estimate of drug-likeness (QED) is 0.445. The van der Waals surface area contributed by atoms with Crippen LogP contribution in [-0.4, -0.2) is 9.97 Å². The Hall–Kier alpha value is -0.870. The van der Waals surface area contributed by atoms with Gasteiger partial charge in [0.25, 0.3) is 0 Å². The highest BCUT2D eigenvalue weighted by molar-refractivity contribution is 9.10. The summed E-state index contributed by atoms with van der Waals surface area (Å²) in [5.41, 5.74) is 2.50. The molecule has 21 heavy (non-hydrogen) atoms. The molecule has 1 heterocycles. The smallest absolute Gasteiger partial charge is 0.163 e. The number of benzene rings is 2. The standard InChI is InChI=1S/C15H8BrCl3N2/c1-7-11(16)5-4-10-13(7)20-15(21-14(10)19)9-3-2-8(17)6-12(9)18/h2-6H,1H3. The predicted octanol–water partition coefficient (Wildman–Crippen LogP) is 6.33. The van der Waals surface area contributed by atoms with Gasteiger partial charge in [-0.3, -0.25) is 0 Å². The monoisotopic (exact) mass is 400 g/mol. The Morgan fingerprint density at radius 3 is 2.48 bits per heavy atom. The van der Waals surface area contributed by atoms with E-state index in [9.17, 15) is 0 Å². The lowest BCUT2D eigenvalue weighted by atomic mass is 10.1. The van der Waals surface area contributed by atoms with E-state index >= 15 is 0 Å². The molecule has 6 heteroatoms. The third-order valence-corrected chi connectivity index (χ3v) is 4.88. The molecule has 0 atom stereocenters. The van der Waals surface area contributed by atoms with Crippen LogP contribution < -0.4 is 0 Å². The molecule has 0 fully saturated rings. The number of fused-ring (bicyclic) bond motifs is 1. The van der Waals surface area contributed by atoms with Gasteiger partial charge in [-0.05, 0) is 42.8 Å². The van der Waals surface area contributed by atoms with E-state index in [-0.39, 0.29) is 0 Å². The Bertz CT molecular complexity index is 865. The molecule has 2 nitrogen and oxygen atoms in total. The highest BCUT2D eigenvalue weighted by Crippen LogP contribution is 2.33. The molecule has 0 saturated heterocycles. The second-order valence-electron chi connectivity index (χ2n) is 4.53. The van der Waals surface area contributed by atoms with E-state index in [0.717, 1.165) is 20.9 Å². The molecular weight excluding hydrogens is 394 g/mol. The Morgan fingerprint density at radius 1 is 1.00 bits per heavy atom. The van der Waals surface area contributed by atoms with E-state index in [1.165, 1.54) is 0 Å². The lowest BCUT2D eigenvalue weighted by molar-refractivity contribution is 1.21. The first kappa shape index (κ1) is 15.0. The zero-order valence-electron chi connectivity index (χ0n) is 10.8. The van der Waals surface area contributed by atoms with Gasteiger partial charge in [0.05, 0.1) is 10.5 Å². The summed E-state index contributed by atoms with van der Waals surface area (Å²) in [6, 6.07) is 9.02. The Labute approximate surface area is 145 Å². The molecule has 0 aliphatic heterocycles. The molecule has 0 unspecified atom stereocenters. The van der Waals surface area contributed by atoms with Crippen molar-refractivity contribution >= 4 is 61.6 Å². The summed E-state index contributed by atoms with van der Waals surface area (Å²) in [5, 5.41) is 2.27. The summed E-state index contributed by atoms with van der Waals surface area (Å²) >= 11 is 21.9. The molecule has 0 N–H and O–H groups in total. The van der Waals surface area contributed by atoms with E-state index in [2.05, 4.69) is 25.9 Å². The summed E-state index contributed by atoms with van der Waals surface area (Å²) in [6.45, 7) is 1.98. The van der Waals surface area contributed by atoms with Crippen molar-refractivity contribution in [1.29, 1.82) is 0 Å². The van der Waals surface area contributed by atoms with Crippen LogP contribution >= 0.6 is 50.7 Å². The second-order valence-corrected chi connectivity index (χ2v) is 6.59. The van der Waals surface area contributed by atoms with Gasteiger partial charge >= 0.3 is 0 Å². The third-order valence-electron chi connectivity index (χ3n) is 3.18. The molecule has 106 valence electrons. The van der Waals surface area contributed by atoms with Gasteiger partial charge in [0, 0.05) is 20.4 Å². The van der Waals surface area contributed by atoms with Gasteiger partial charge in [0.15, 0.2) is 5.82 Å². The van der Waals surface area contributed by atoms with Crippen molar-refractivity contribution in [3.05, 3.63) is 55.6 Å². The normalized spacial score (nSPS) is 11.1. The van der Waals surface area contributed by atoms with E-state index < -0.39 is 0 Å². The lowest BCUT2D eigenvalue weighted by Crippen LogP contribution is -1.95. The fourth-order valence-electron chi connectivity index (χ4n) is 2.06. The molecule has 0 amide bonds. The van der Waals surface area contributed by atoms with Crippen LogP contribution in [0.5, 0.6) is 0 Å². The van der Waals surface area contributed by atoms with E-state index in [0.29, 0.717) is 26.6 Å². The summed E-state index contributed by atoms with van der Waals surface area (Å²) < 4.78 is 0.970. The Kier molecular flexibility index (Phi) is 4.10. The zero-order valence-corrected chi connectivity index (χ0v) is 14.6. The Balaban J connectivity index is 2.31. The summed E-state index contributed by atoms with van der Waals surface area (Å²) in [5.74, 6) is 0.482. The average Bonchev–Trinajstić information content (AvgIpc) is 2.43. The van der Waals surface area contributed by atoms with Crippen LogP contribution in [-0.2, 0) is 0 Å². The molecule has 3 aromatic rings. The first-order valence-electron chi connectivity index (χ1n) is 6.05. The van der Waals surface area contributed by atoms with E-state index in [1.54, 1.807) is 18.2 Å². The minimum Gasteiger partial charge on any atom is -0.228 e. The highest BCUT2D eigenvalue weighted by atomic mass is 79.9. The van der Waals surface area contributed by atoms with Gasteiger partial charge in [-0.25, -0.2) is 9.97 Å². The van der Waals surface area contributed by atoms with Crippen LogP contribution in [0.3, 0.4) is 0 Å². The molecule has 1 aromatic heterocycles. The molecule has 2 aromatic carbocycles. The van der Waals surface area contributed by atoms with Crippen LogP contribution in [0, 0.1) is 6.92 Å². The first-order chi connectivity index (χ1) is 9.97. The molecule has 0 radical (unpaired) electrons. The van der Waals surface area contributed by atoms with Crippen LogP contribution in [0.4, 0.5) is 0 Å². The second kappa shape index (κ2) is 5.73. The largest absolute Gasteiger partial charge is 0.228 e. The summed E-state index contributed by atoms with van der Waals surface area (Å²) in [6.07, 6.45) is 0. The first-order valence-corrected chi connectivity index (χ1v) is 7.98. The summed E-state index contributed by atoms with van der Waals surface area (Å²) in [4.78, 5) is 8.95. The zero-order chi connectivity index (χ0) is 15.1. The maximum absolute atomic E-state index is 6.28. The Morgan fingerprint density at radius 2 is 1.76 bits per heavy atom. The number of aryl methyl sites for hydroxylation is 1. The summed E-state index contributed by atoms with van der Waals surface area (Å²) in [7, 11) is 0. The molecule has 0 bridgehead atoms. The molecule has 0 aliphatic carbocycles. The van der Waals surface area contributed by atoms with Gasteiger partial charge in [0.2, 0.25) is 0 Å². The maximum atomic E-state index is 6.28. The molecule has 3 rings (SSSR count). The topological polar surface area (TPSA) is 25.8 Å². The van der Waals surface area contributed by atoms with E-state index in [4.69, 9.17) is 34.8 Å². The van der Waals surface area contributed by atoms with Crippen molar-refractivity contribution in [1.82, 2.24) is 9.97 Å². The minimum absolute atomic E-state index is 0.400. The predicted molar refractivity (Wildman–Crippen MR) is 92.4 cm³/mol. The number of hydrogen-bond acceptors (Lipinski definition) is 2. The fraction of sp³-hybridized carbons (Fsp3) is 0.0667. The number of halogens is 4. The van der Waals surface area contributed by atoms with Crippen LogP contribution in [0.25, 0.3) is 22.3 Å². The molecule has 0 aliphatic rings. The number of nitrogens with zero attached hydrogens (tertiary/aromatic N) is 2. The van der Waals surface area contributed by atoms with Gasteiger partial charge in [-0.15, -0.1) is 0 Å². The number of aromatic nitrogens is 2. The lowest BCUT2D eigenvalue weighted by Gasteiger charge is -2.09. The average molecular weight is 403 g/mol. The van der Waals surface area contributed by atoms with Crippen molar-refractivity contribution in [2.24, 2.45) is 0 Å². The van der Waals surface area contributed by atoms with E-state index in [1.807, 2.05) is 19.1 Å². The molecule has 0 spiro atoms. The van der Waals surface area contributed by atoms with Crippen molar-refractivity contribution < 1.29 is 0 Å². The van der Waals surface area contributed by atoms with Crippen molar-refractivity contribution in [3.63, 3.8) is 0 Å².